The molecular formula is C24H28N4O5. The first-order valence-electron chi connectivity index (χ1n) is 10.7. The van der Waals surface area contributed by atoms with E-state index in [1.807, 2.05) is 13.0 Å². The number of methoxy groups -OCH3 is 1. The molecule has 174 valence electrons. The molecular weight excluding hydrogens is 424 g/mol. The van der Waals surface area contributed by atoms with Gasteiger partial charge in [0.15, 0.2) is 0 Å². The number of anilines is 1. The van der Waals surface area contributed by atoms with E-state index in [0.29, 0.717) is 29.8 Å². The number of nitrogens with zero attached hydrogens (tertiary/aromatic N) is 2. The van der Waals surface area contributed by atoms with Gasteiger partial charge in [0.25, 0.3) is 5.91 Å². The van der Waals surface area contributed by atoms with E-state index < -0.39 is 35.8 Å². The molecule has 1 aliphatic heterocycles. The first-order valence-corrected chi connectivity index (χ1v) is 10.7. The van der Waals surface area contributed by atoms with E-state index in [1.54, 1.807) is 48.5 Å². The molecule has 0 radical (unpaired) electrons. The summed E-state index contributed by atoms with van der Waals surface area (Å²) in [5.41, 5.74) is 0.00283. The first-order chi connectivity index (χ1) is 15.8. The summed E-state index contributed by atoms with van der Waals surface area (Å²) in [6.07, 6.45) is 1.07. The molecule has 0 aliphatic carbocycles. The lowest BCUT2D eigenvalue weighted by molar-refractivity contribution is -0.139. The molecule has 1 aliphatic rings. The van der Waals surface area contributed by atoms with Crippen molar-refractivity contribution in [3.8, 4) is 5.75 Å². The number of benzene rings is 2. The summed E-state index contributed by atoms with van der Waals surface area (Å²) >= 11 is 0. The Morgan fingerprint density at radius 1 is 1.12 bits per heavy atom. The molecule has 1 unspecified atom stereocenters. The Morgan fingerprint density at radius 2 is 1.85 bits per heavy atom. The molecule has 3 rings (SSSR count). The van der Waals surface area contributed by atoms with Gasteiger partial charge in [-0.1, -0.05) is 49.7 Å². The third-order valence-electron chi connectivity index (χ3n) is 5.52. The number of hydrogen-bond donors (Lipinski definition) is 2. The van der Waals surface area contributed by atoms with Gasteiger partial charge in [-0.2, -0.15) is 0 Å². The maximum atomic E-state index is 13.3. The van der Waals surface area contributed by atoms with Crippen molar-refractivity contribution in [2.75, 3.05) is 32.6 Å². The number of nitrogens with one attached hydrogen (secondary N) is 2. The van der Waals surface area contributed by atoms with Crippen LogP contribution in [0.1, 0.15) is 25.3 Å². The number of hydrogen-bond acceptors (Lipinski definition) is 5. The zero-order valence-electron chi connectivity index (χ0n) is 19.0. The largest absolute Gasteiger partial charge is 0.497 e. The van der Waals surface area contributed by atoms with E-state index >= 15 is 0 Å². The molecule has 2 aromatic rings. The van der Waals surface area contributed by atoms with Gasteiger partial charge in [0, 0.05) is 18.8 Å². The second-order valence-electron chi connectivity index (χ2n) is 7.87. The van der Waals surface area contributed by atoms with E-state index in [1.165, 1.54) is 19.1 Å². The van der Waals surface area contributed by atoms with Crippen molar-refractivity contribution in [2.45, 2.75) is 25.3 Å². The van der Waals surface area contributed by atoms with Crippen LogP contribution in [0.3, 0.4) is 0 Å². The van der Waals surface area contributed by atoms with E-state index in [0.717, 1.165) is 4.90 Å². The highest BCUT2D eigenvalue weighted by Crippen LogP contribution is 2.33. The fourth-order valence-electron chi connectivity index (χ4n) is 3.84. The Morgan fingerprint density at radius 3 is 2.52 bits per heavy atom. The van der Waals surface area contributed by atoms with Gasteiger partial charge in [0.05, 0.1) is 13.7 Å². The average molecular weight is 453 g/mol. The highest BCUT2D eigenvalue weighted by Gasteiger charge is 2.52. The van der Waals surface area contributed by atoms with E-state index in [9.17, 15) is 19.2 Å². The van der Waals surface area contributed by atoms with Crippen molar-refractivity contribution in [3.63, 3.8) is 0 Å². The van der Waals surface area contributed by atoms with Crippen LogP contribution in [0.4, 0.5) is 10.5 Å². The zero-order valence-corrected chi connectivity index (χ0v) is 19.0. The molecule has 5 amide bonds. The summed E-state index contributed by atoms with van der Waals surface area (Å²) in [6, 6.07) is 15.2. The lowest BCUT2D eigenvalue weighted by Gasteiger charge is -2.27. The maximum absolute atomic E-state index is 13.3. The van der Waals surface area contributed by atoms with Crippen LogP contribution < -0.4 is 15.4 Å². The van der Waals surface area contributed by atoms with Crippen LogP contribution in [0.15, 0.2) is 54.6 Å². The second kappa shape index (κ2) is 10.2. The molecule has 0 bridgehead atoms. The van der Waals surface area contributed by atoms with Gasteiger partial charge < -0.3 is 20.3 Å². The van der Waals surface area contributed by atoms with Crippen LogP contribution in [-0.2, 0) is 19.9 Å². The highest BCUT2D eigenvalue weighted by atomic mass is 16.5. The molecule has 0 spiro atoms. The van der Waals surface area contributed by atoms with Gasteiger partial charge in [-0.05, 0) is 24.1 Å². The van der Waals surface area contributed by atoms with Crippen molar-refractivity contribution < 1.29 is 23.9 Å². The van der Waals surface area contributed by atoms with E-state index in [4.69, 9.17) is 4.74 Å². The fraction of sp³-hybridized carbons (Fsp3) is 0.333. The van der Waals surface area contributed by atoms with Crippen LogP contribution in [-0.4, -0.2) is 60.8 Å². The normalized spacial score (nSPS) is 17.5. The maximum Gasteiger partial charge on any atom is 0.325 e. The lowest BCUT2D eigenvalue weighted by atomic mass is 9.85. The monoisotopic (exact) mass is 452 g/mol. The van der Waals surface area contributed by atoms with Crippen LogP contribution in [0, 0.1) is 0 Å². The predicted octanol–water partition coefficient (Wildman–Crippen LogP) is 2.34. The number of likely N-dealkylation sites (N-methyl/N-ethyl adjacent to an activating group) is 1. The standard InChI is InChI=1S/C24H28N4O5/c1-4-13-24(17-9-6-5-7-10-17)22(31)28(23(32)26-24)16-21(30)27(2)15-20(29)25-18-11-8-12-19(14-18)33-3/h5-12,14H,4,13,15-16H2,1-3H3,(H,25,29)(H,26,32). The van der Waals surface area contributed by atoms with Crippen molar-refractivity contribution in [1.82, 2.24) is 15.1 Å². The Balaban J connectivity index is 1.65. The van der Waals surface area contributed by atoms with Crippen molar-refractivity contribution in [2.24, 2.45) is 0 Å². The number of carbonyl (C=O) groups excluding carboxylic acids is 4. The number of amides is 5. The van der Waals surface area contributed by atoms with E-state index in [-0.39, 0.29) is 6.54 Å². The van der Waals surface area contributed by atoms with Crippen molar-refractivity contribution in [3.05, 3.63) is 60.2 Å². The fourth-order valence-corrected chi connectivity index (χ4v) is 3.84. The zero-order chi connectivity index (χ0) is 24.0. The SMILES string of the molecule is CCCC1(c2ccccc2)NC(=O)N(CC(=O)N(C)CC(=O)Nc2cccc(OC)c2)C1=O. The molecule has 9 heteroatoms. The smallest absolute Gasteiger partial charge is 0.325 e. The Kier molecular flexibility index (Phi) is 7.32. The molecule has 9 nitrogen and oxygen atoms in total. The summed E-state index contributed by atoms with van der Waals surface area (Å²) in [4.78, 5) is 53.1. The topological polar surface area (TPSA) is 108 Å². The van der Waals surface area contributed by atoms with Crippen LogP contribution in [0.5, 0.6) is 5.75 Å². The summed E-state index contributed by atoms with van der Waals surface area (Å²) in [7, 11) is 2.97. The minimum absolute atomic E-state index is 0.238. The Labute approximate surface area is 192 Å². The quantitative estimate of drug-likeness (QED) is 0.568. The van der Waals surface area contributed by atoms with Gasteiger partial charge >= 0.3 is 6.03 Å². The molecule has 1 saturated heterocycles. The summed E-state index contributed by atoms with van der Waals surface area (Å²) < 4.78 is 5.13. The number of rotatable bonds is 9. The number of ether oxygens (including phenoxy) is 1. The first kappa shape index (κ1) is 23.8. The average Bonchev–Trinajstić information content (AvgIpc) is 3.04. The lowest BCUT2D eigenvalue weighted by Crippen LogP contribution is -2.46. The van der Waals surface area contributed by atoms with E-state index in [2.05, 4.69) is 10.6 Å². The van der Waals surface area contributed by atoms with Gasteiger partial charge in [0.2, 0.25) is 11.8 Å². The Hall–Kier alpha value is -3.88. The minimum atomic E-state index is -1.20. The summed E-state index contributed by atoms with van der Waals surface area (Å²) in [6.45, 7) is 1.23. The van der Waals surface area contributed by atoms with Crippen LogP contribution in [0.2, 0.25) is 0 Å². The molecule has 1 heterocycles. The molecule has 0 aromatic heterocycles. The molecule has 1 fully saturated rings. The Bertz CT molecular complexity index is 1040. The predicted molar refractivity (Wildman–Crippen MR) is 123 cm³/mol. The molecule has 33 heavy (non-hydrogen) atoms. The van der Waals surface area contributed by atoms with Gasteiger partial charge in [-0.3, -0.25) is 19.3 Å². The van der Waals surface area contributed by atoms with Crippen molar-refractivity contribution in [1.29, 1.82) is 0 Å². The highest BCUT2D eigenvalue weighted by molar-refractivity contribution is 6.09. The molecule has 1 atom stereocenters. The molecule has 0 saturated carbocycles. The number of urea groups is 1. The number of imide groups is 1. The third-order valence-corrected chi connectivity index (χ3v) is 5.52. The summed E-state index contributed by atoms with van der Waals surface area (Å²) in [5.74, 6) is -0.825. The molecule has 2 N–H and O–H groups in total. The van der Waals surface area contributed by atoms with Gasteiger partial charge in [0.1, 0.15) is 17.8 Å². The minimum Gasteiger partial charge on any atom is -0.497 e. The molecule has 2 aromatic carbocycles. The van der Waals surface area contributed by atoms with Crippen LogP contribution in [0.25, 0.3) is 0 Å². The van der Waals surface area contributed by atoms with Gasteiger partial charge in [-0.25, -0.2) is 4.79 Å². The van der Waals surface area contributed by atoms with Gasteiger partial charge in [-0.15, -0.1) is 0 Å². The second-order valence-corrected chi connectivity index (χ2v) is 7.87. The summed E-state index contributed by atoms with van der Waals surface area (Å²) in [5, 5.41) is 5.48. The number of carbonyl (C=O) groups is 4. The third kappa shape index (κ3) is 5.14. The van der Waals surface area contributed by atoms with Crippen LogP contribution >= 0.6 is 0 Å². The van der Waals surface area contributed by atoms with Crippen molar-refractivity contribution >= 4 is 29.4 Å².